The molecule has 0 spiro atoms. The SMILES string of the molecule is CCCCCCCCCCOc1cc(C(=O)N/N=C\c2cccc(C#Cc3ccccc3/C=N/NC(=O)c3cc(OCCCCCCCCCC)c(OCCCCCCCCCC)c(OCCCCCCCCCC)c3)c2)cc(OCCCCCCCCCC)c1OCCCCCCCCCC. The number of hydrogen-bond acceptors (Lipinski definition) is 10. The second kappa shape index (κ2) is 61.9. The number of rotatable bonds is 66. The molecule has 0 atom stereocenters. The van der Waals surface area contributed by atoms with Crippen LogP contribution in [0.1, 0.15) is 393 Å². The van der Waals surface area contributed by atoms with Crippen molar-refractivity contribution < 1.29 is 38.0 Å². The molecule has 0 fully saturated rings. The minimum Gasteiger partial charge on any atom is -0.490 e. The molecule has 4 aromatic carbocycles. The Kier molecular flexibility index (Phi) is 53.4. The molecule has 4 rings (SSSR count). The van der Waals surface area contributed by atoms with Crippen molar-refractivity contribution in [2.24, 2.45) is 10.2 Å². The zero-order chi connectivity index (χ0) is 72.7. The number of benzene rings is 4. The number of hydrogen-bond donors (Lipinski definition) is 2. The van der Waals surface area contributed by atoms with E-state index in [4.69, 9.17) is 28.4 Å². The van der Waals surface area contributed by atoms with Crippen molar-refractivity contribution in [3.63, 3.8) is 0 Å². The normalized spacial score (nSPS) is 11.3. The zero-order valence-electron chi connectivity index (χ0n) is 65.4. The second-order valence-corrected chi connectivity index (χ2v) is 28.4. The Balaban J connectivity index is 1.52. The number of hydrazone groups is 2. The third kappa shape index (κ3) is 42.3. The predicted octanol–water partition coefficient (Wildman–Crippen LogP) is 25.7. The molecule has 2 N–H and O–H groups in total. The number of amides is 2. The highest BCUT2D eigenvalue weighted by molar-refractivity contribution is 5.97. The summed E-state index contributed by atoms with van der Waals surface area (Å²) in [7, 11) is 0. The van der Waals surface area contributed by atoms with Gasteiger partial charge in [-0.25, -0.2) is 10.9 Å². The summed E-state index contributed by atoms with van der Waals surface area (Å²) in [4.78, 5) is 28.3. The van der Waals surface area contributed by atoms with Gasteiger partial charge in [-0.15, -0.1) is 0 Å². The van der Waals surface area contributed by atoms with E-state index in [1.807, 2.05) is 48.5 Å². The summed E-state index contributed by atoms with van der Waals surface area (Å²) in [6.07, 6.45) is 60.8. The molecule has 0 aromatic heterocycles. The molecule has 0 heterocycles. The van der Waals surface area contributed by atoms with Crippen molar-refractivity contribution in [1.29, 1.82) is 0 Å². The van der Waals surface area contributed by atoms with Gasteiger partial charge in [0.2, 0.25) is 11.5 Å². The molecule has 0 radical (unpaired) electrons. The van der Waals surface area contributed by atoms with Gasteiger partial charge in [-0.05, 0) is 86.6 Å². The van der Waals surface area contributed by atoms with Crippen molar-refractivity contribution in [1.82, 2.24) is 10.9 Å². The molecule has 2 amide bonds. The fraction of sp³-hybridized carbons (Fsp3) is 0.667. The van der Waals surface area contributed by atoms with Gasteiger partial charge in [-0.1, -0.05) is 353 Å². The van der Waals surface area contributed by atoms with Gasteiger partial charge in [0.15, 0.2) is 23.0 Å². The van der Waals surface area contributed by atoms with Crippen molar-refractivity contribution in [3.05, 3.63) is 106 Å². The molecule has 12 heteroatoms. The fourth-order valence-electron chi connectivity index (χ4n) is 12.6. The zero-order valence-corrected chi connectivity index (χ0v) is 65.4. The van der Waals surface area contributed by atoms with Gasteiger partial charge in [-0.3, -0.25) is 9.59 Å². The maximum absolute atomic E-state index is 14.2. The lowest BCUT2D eigenvalue weighted by atomic mass is 10.1. The molecule has 12 nitrogen and oxygen atoms in total. The Morgan fingerprint density at radius 1 is 0.314 bits per heavy atom. The van der Waals surface area contributed by atoms with Gasteiger partial charge in [-0.2, -0.15) is 10.2 Å². The van der Waals surface area contributed by atoms with E-state index in [1.54, 1.807) is 36.7 Å². The van der Waals surface area contributed by atoms with E-state index in [2.05, 4.69) is 74.4 Å². The van der Waals surface area contributed by atoms with Crippen LogP contribution in [0.2, 0.25) is 0 Å². The topological polar surface area (TPSA) is 138 Å². The minimum atomic E-state index is -0.383. The lowest BCUT2D eigenvalue weighted by Gasteiger charge is -2.19. The Morgan fingerprint density at radius 2 is 0.598 bits per heavy atom. The quantitative estimate of drug-likeness (QED) is 0.0193. The molecule has 570 valence electrons. The lowest BCUT2D eigenvalue weighted by molar-refractivity contribution is 0.0946. The van der Waals surface area contributed by atoms with Crippen molar-refractivity contribution >= 4 is 24.2 Å². The number of ether oxygens (including phenoxy) is 6. The molecule has 0 unspecified atom stereocenters. The Labute approximate surface area is 622 Å². The molecule has 0 aliphatic carbocycles. The van der Waals surface area contributed by atoms with Gasteiger partial charge in [0.05, 0.1) is 52.1 Å². The monoisotopic (exact) mass is 1410 g/mol. The first-order valence-electron chi connectivity index (χ1n) is 41.9. The minimum absolute atomic E-state index is 0.376. The van der Waals surface area contributed by atoms with Crippen LogP contribution in [0, 0.1) is 11.8 Å². The van der Waals surface area contributed by atoms with Crippen molar-refractivity contribution in [2.45, 2.75) is 350 Å². The van der Waals surface area contributed by atoms with E-state index in [0.29, 0.717) is 85.3 Å². The highest BCUT2D eigenvalue weighted by atomic mass is 16.5. The van der Waals surface area contributed by atoms with Crippen LogP contribution in [-0.2, 0) is 0 Å². The predicted molar refractivity (Wildman–Crippen MR) is 430 cm³/mol. The van der Waals surface area contributed by atoms with E-state index in [0.717, 1.165) is 99.3 Å². The van der Waals surface area contributed by atoms with Gasteiger partial charge in [0.1, 0.15) is 0 Å². The van der Waals surface area contributed by atoms with Gasteiger partial charge < -0.3 is 28.4 Å². The molecule has 102 heavy (non-hydrogen) atoms. The van der Waals surface area contributed by atoms with E-state index >= 15 is 0 Å². The second-order valence-electron chi connectivity index (χ2n) is 28.4. The van der Waals surface area contributed by atoms with Gasteiger partial charge in [0, 0.05) is 27.8 Å². The number of nitrogens with zero attached hydrogens (tertiary/aromatic N) is 2. The van der Waals surface area contributed by atoms with Crippen molar-refractivity contribution in [2.75, 3.05) is 39.6 Å². The maximum atomic E-state index is 14.2. The molecule has 0 saturated heterocycles. The molecular weight excluding hydrogens is 1270 g/mol. The first-order valence-corrected chi connectivity index (χ1v) is 41.9. The maximum Gasteiger partial charge on any atom is 0.271 e. The molecule has 0 aliphatic heterocycles. The Morgan fingerprint density at radius 3 is 0.922 bits per heavy atom. The van der Waals surface area contributed by atoms with Crippen LogP contribution in [-0.4, -0.2) is 63.9 Å². The molecule has 0 bridgehead atoms. The van der Waals surface area contributed by atoms with Crippen LogP contribution in [0.3, 0.4) is 0 Å². The number of nitrogens with one attached hydrogen (secondary N) is 2. The summed E-state index contributed by atoms with van der Waals surface area (Å²) in [6, 6.07) is 22.6. The van der Waals surface area contributed by atoms with Crippen LogP contribution in [0.25, 0.3) is 0 Å². The van der Waals surface area contributed by atoms with Crippen LogP contribution < -0.4 is 39.3 Å². The number of carbonyl (C=O) groups excluding carboxylic acids is 2. The Hall–Kier alpha value is -6.48. The summed E-state index contributed by atoms with van der Waals surface area (Å²) in [5.74, 6) is 9.18. The average molecular weight is 1410 g/mol. The van der Waals surface area contributed by atoms with E-state index in [-0.39, 0.29) is 11.8 Å². The highest BCUT2D eigenvalue weighted by Crippen LogP contribution is 2.41. The Bertz CT molecular complexity index is 2790. The van der Waals surface area contributed by atoms with Crippen LogP contribution in [0.4, 0.5) is 0 Å². The smallest absolute Gasteiger partial charge is 0.271 e. The van der Waals surface area contributed by atoms with Gasteiger partial charge in [0.25, 0.3) is 11.8 Å². The number of unbranched alkanes of at least 4 members (excludes halogenated alkanes) is 42. The third-order valence-electron chi connectivity index (χ3n) is 19.0. The molecule has 0 saturated carbocycles. The van der Waals surface area contributed by atoms with Crippen LogP contribution in [0.5, 0.6) is 34.5 Å². The first kappa shape index (κ1) is 87.9. The first-order chi connectivity index (χ1) is 50.3. The van der Waals surface area contributed by atoms with E-state index in [1.165, 1.54) is 231 Å². The van der Waals surface area contributed by atoms with Crippen LogP contribution in [0.15, 0.2) is 83.0 Å². The largest absolute Gasteiger partial charge is 0.490 e. The fourth-order valence-corrected chi connectivity index (χ4v) is 12.6. The average Bonchev–Trinajstić information content (AvgIpc) is 0.823. The van der Waals surface area contributed by atoms with Crippen molar-refractivity contribution in [3.8, 4) is 46.3 Å². The highest BCUT2D eigenvalue weighted by Gasteiger charge is 2.22. The molecular formula is C90H142N4O8. The summed E-state index contributed by atoms with van der Waals surface area (Å²) in [5, 5.41) is 8.92. The number of carbonyl (C=O) groups is 2. The molecule has 0 aliphatic rings. The van der Waals surface area contributed by atoms with E-state index < -0.39 is 0 Å². The lowest BCUT2D eigenvalue weighted by Crippen LogP contribution is -2.18. The summed E-state index contributed by atoms with van der Waals surface area (Å²) in [6.45, 7) is 16.8. The summed E-state index contributed by atoms with van der Waals surface area (Å²) in [5.41, 5.74) is 9.35. The van der Waals surface area contributed by atoms with Crippen LogP contribution >= 0.6 is 0 Å². The van der Waals surface area contributed by atoms with Gasteiger partial charge >= 0.3 is 0 Å². The van der Waals surface area contributed by atoms with E-state index in [9.17, 15) is 9.59 Å². The standard InChI is InChI=1S/C90H142N4O8/c1-7-13-19-25-31-37-43-51-64-97-83-71-81(72-84(98-65-52-44-38-32-26-20-14-8-2)87(83)101-68-55-47-41-35-29-23-17-11-5)89(95)93-91-75-78-59-57-58-77(70-78)62-63-79-60-49-50-61-80(79)76-92-94-90(96)82-73-85(99-66-53-45-39-33-27-21-15-9-3)88(102-69-56-48-42-36-30-24-18-12-6)86(74-82)100-67-54-46-40-34-28-22-16-10-4/h49-50,57-61,70-76H,7-48,51-56,64-69H2,1-6H3,(H,93,95)(H,94,96)/b91-75-,92-76+. The summed E-state index contributed by atoms with van der Waals surface area (Å²) < 4.78 is 39.4. The summed E-state index contributed by atoms with van der Waals surface area (Å²) >= 11 is 0. The third-order valence-corrected chi connectivity index (χ3v) is 19.0. The molecule has 4 aromatic rings.